The molecule has 3 nitrogen and oxygen atoms in total. The van der Waals surface area contributed by atoms with Gasteiger partial charge in [0.25, 0.3) is 0 Å². The standard InChI is InChI=1S/C12H18BClO3/c1-3-4-5-12(17-2)9-6-7-10(13(15)16)11(14)8-9/h6-8,12,15-16H,3-5H2,1-2H3. The molecule has 0 bridgehead atoms. The average molecular weight is 257 g/mol. The van der Waals surface area contributed by atoms with Crippen LogP contribution >= 0.6 is 11.6 Å². The van der Waals surface area contributed by atoms with Gasteiger partial charge in [-0.2, -0.15) is 0 Å². The lowest BCUT2D eigenvalue weighted by Gasteiger charge is -2.16. The Labute approximate surface area is 108 Å². The van der Waals surface area contributed by atoms with Gasteiger partial charge in [0, 0.05) is 17.6 Å². The minimum atomic E-state index is -1.53. The molecule has 1 atom stereocenters. The molecule has 0 heterocycles. The maximum Gasteiger partial charge on any atom is 0.489 e. The summed E-state index contributed by atoms with van der Waals surface area (Å²) in [5, 5.41) is 18.5. The lowest BCUT2D eigenvalue weighted by molar-refractivity contribution is 0.0936. The van der Waals surface area contributed by atoms with Crippen LogP contribution in [0.25, 0.3) is 0 Å². The molecule has 1 aromatic carbocycles. The van der Waals surface area contributed by atoms with Gasteiger partial charge in [-0.15, -0.1) is 0 Å². The quantitative estimate of drug-likeness (QED) is 0.764. The second-order valence-electron chi connectivity index (χ2n) is 4.02. The first-order valence-electron chi connectivity index (χ1n) is 5.78. The molecule has 1 unspecified atom stereocenters. The van der Waals surface area contributed by atoms with Crippen molar-refractivity contribution in [3.63, 3.8) is 0 Å². The Bertz CT molecular complexity index is 358. The second-order valence-corrected chi connectivity index (χ2v) is 4.43. The van der Waals surface area contributed by atoms with Crippen molar-refractivity contribution in [2.75, 3.05) is 7.11 Å². The first-order chi connectivity index (χ1) is 8.10. The smallest absolute Gasteiger partial charge is 0.423 e. The van der Waals surface area contributed by atoms with Gasteiger partial charge in [0.1, 0.15) is 0 Å². The Morgan fingerprint density at radius 2 is 2.12 bits per heavy atom. The van der Waals surface area contributed by atoms with E-state index >= 15 is 0 Å². The van der Waals surface area contributed by atoms with Gasteiger partial charge in [-0.25, -0.2) is 0 Å². The highest BCUT2D eigenvalue weighted by molar-refractivity contribution is 6.62. The van der Waals surface area contributed by atoms with E-state index in [4.69, 9.17) is 26.4 Å². The van der Waals surface area contributed by atoms with Crippen molar-refractivity contribution in [1.29, 1.82) is 0 Å². The van der Waals surface area contributed by atoms with Crippen molar-refractivity contribution < 1.29 is 14.8 Å². The van der Waals surface area contributed by atoms with Crippen LogP contribution in [0.2, 0.25) is 5.02 Å². The van der Waals surface area contributed by atoms with Crippen LogP contribution in [0.5, 0.6) is 0 Å². The van der Waals surface area contributed by atoms with Crippen molar-refractivity contribution in [1.82, 2.24) is 0 Å². The molecule has 0 aliphatic carbocycles. The summed E-state index contributed by atoms with van der Waals surface area (Å²) in [4.78, 5) is 0. The van der Waals surface area contributed by atoms with Gasteiger partial charge in [0.2, 0.25) is 0 Å². The van der Waals surface area contributed by atoms with Crippen LogP contribution in [0.1, 0.15) is 37.9 Å². The molecule has 1 rings (SSSR count). The van der Waals surface area contributed by atoms with Crippen molar-refractivity contribution in [3.8, 4) is 0 Å². The van der Waals surface area contributed by atoms with Gasteiger partial charge in [0.15, 0.2) is 0 Å². The Balaban J connectivity index is 2.86. The fourth-order valence-corrected chi connectivity index (χ4v) is 2.05. The molecule has 1 aromatic rings. The lowest BCUT2D eigenvalue weighted by Crippen LogP contribution is -2.30. The molecule has 0 amide bonds. The molecule has 94 valence electrons. The predicted molar refractivity (Wildman–Crippen MR) is 70.6 cm³/mol. The summed E-state index contributed by atoms with van der Waals surface area (Å²) in [7, 11) is 0.136. The van der Waals surface area contributed by atoms with Crippen molar-refractivity contribution >= 4 is 24.2 Å². The number of methoxy groups -OCH3 is 1. The number of hydrogen-bond donors (Lipinski definition) is 2. The molecule has 0 radical (unpaired) electrons. The molecule has 0 saturated heterocycles. The minimum Gasteiger partial charge on any atom is -0.423 e. The summed E-state index contributed by atoms with van der Waals surface area (Å²) in [6.45, 7) is 2.13. The van der Waals surface area contributed by atoms with Gasteiger partial charge in [-0.05, 0) is 18.1 Å². The van der Waals surface area contributed by atoms with Gasteiger partial charge in [-0.1, -0.05) is 43.5 Å². The van der Waals surface area contributed by atoms with E-state index in [1.807, 2.05) is 6.07 Å². The number of ether oxygens (including phenoxy) is 1. The van der Waals surface area contributed by atoms with Gasteiger partial charge in [0.05, 0.1) is 6.10 Å². The van der Waals surface area contributed by atoms with E-state index < -0.39 is 7.12 Å². The summed E-state index contributed by atoms with van der Waals surface area (Å²) >= 11 is 5.98. The van der Waals surface area contributed by atoms with Gasteiger partial charge in [-0.3, -0.25) is 0 Å². The number of benzene rings is 1. The third-order valence-electron chi connectivity index (χ3n) is 2.78. The van der Waals surface area contributed by atoms with Gasteiger partial charge < -0.3 is 14.8 Å². The Hall–Kier alpha value is -0.545. The number of hydrogen-bond acceptors (Lipinski definition) is 3. The second kappa shape index (κ2) is 7.02. The van der Waals surface area contributed by atoms with Crippen molar-refractivity contribution in [3.05, 3.63) is 28.8 Å². The zero-order chi connectivity index (χ0) is 12.8. The third kappa shape index (κ3) is 4.00. The fourth-order valence-electron chi connectivity index (χ4n) is 1.76. The predicted octanol–water partition coefficient (Wildman–Crippen LogP) is 1.90. The maximum atomic E-state index is 9.07. The van der Waals surface area contributed by atoms with E-state index in [1.54, 1.807) is 19.2 Å². The first kappa shape index (κ1) is 14.5. The zero-order valence-electron chi connectivity index (χ0n) is 10.2. The van der Waals surface area contributed by atoms with Crippen LogP contribution in [-0.4, -0.2) is 24.3 Å². The first-order valence-corrected chi connectivity index (χ1v) is 6.16. The van der Waals surface area contributed by atoms with E-state index in [-0.39, 0.29) is 6.10 Å². The third-order valence-corrected chi connectivity index (χ3v) is 3.11. The van der Waals surface area contributed by atoms with E-state index in [0.717, 1.165) is 24.8 Å². The Morgan fingerprint density at radius 1 is 1.41 bits per heavy atom. The highest BCUT2D eigenvalue weighted by atomic mass is 35.5. The molecule has 0 spiro atoms. The largest absolute Gasteiger partial charge is 0.489 e. The maximum absolute atomic E-state index is 9.07. The monoisotopic (exact) mass is 256 g/mol. The van der Waals surface area contributed by atoms with Crippen LogP contribution in [-0.2, 0) is 4.74 Å². The van der Waals surface area contributed by atoms with E-state index in [1.165, 1.54) is 0 Å². The topological polar surface area (TPSA) is 49.7 Å². The van der Waals surface area contributed by atoms with Crippen molar-refractivity contribution in [2.45, 2.75) is 32.3 Å². The average Bonchev–Trinajstić information content (AvgIpc) is 2.29. The number of halogens is 1. The molecular weight excluding hydrogens is 238 g/mol. The summed E-state index contributed by atoms with van der Waals surface area (Å²) in [5.74, 6) is 0. The lowest BCUT2D eigenvalue weighted by atomic mass is 9.79. The van der Waals surface area contributed by atoms with Crippen LogP contribution in [0.15, 0.2) is 18.2 Å². The molecule has 5 heteroatoms. The molecular formula is C12H18BClO3. The Kier molecular flexibility index (Phi) is 5.99. The van der Waals surface area contributed by atoms with Crippen molar-refractivity contribution in [2.24, 2.45) is 0 Å². The number of rotatable bonds is 6. The molecule has 0 fully saturated rings. The van der Waals surface area contributed by atoms with Crippen LogP contribution in [0.4, 0.5) is 0 Å². The SMILES string of the molecule is CCCCC(OC)c1ccc(B(O)O)c(Cl)c1. The molecule has 0 aliphatic rings. The summed E-state index contributed by atoms with van der Waals surface area (Å²) < 4.78 is 5.41. The summed E-state index contributed by atoms with van der Waals surface area (Å²) in [5.41, 5.74) is 1.29. The van der Waals surface area contributed by atoms with Crippen LogP contribution in [0.3, 0.4) is 0 Å². The highest BCUT2D eigenvalue weighted by Gasteiger charge is 2.17. The molecule has 17 heavy (non-hydrogen) atoms. The molecule has 0 aliphatic heterocycles. The summed E-state index contributed by atoms with van der Waals surface area (Å²) in [6.07, 6.45) is 3.14. The van der Waals surface area contributed by atoms with E-state index in [9.17, 15) is 0 Å². The van der Waals surface area contributed by atoms with Crippen LogP contribution < -0.4 is 5.46 Å². The van der Waals surface area contributed by atoms with E-state index in [2.05, 4.69) is 6.92 Å². The van der Waals surface area contributed by atoms with Gasteiger partial charge >= 0.3 is 7.12 Å². The normalized spacial score (nSPS) is 12.5. The summed E-state index contributed by atoms with van der Waals surface area (Å²) in [6, 6.07) is 5.19. The van der Waals surface area contributed by atoms with E-state index in [0.29, 0.717) is 10.5 Å². The van der Waals surface area contributed by atoms with Crippen LogP contribution in [0, 0.1) is 0 Å². The Morgan fingerprint density at radius 3 is 2.59 bits per heavy atom. The zero-order valence-corrected chi connectivity index (χ0v) is 10.9. The minimum absolute atomic E-state index is 0.0114. The highest BCUT2D eigenvalue weighted by Crippen LogP contribution is 2.24. The fraction of sp³-hybridized carbons (Fsp3) is 0.500. The molecule has 0 saturated carbocycles. The molecule has 0 aromatic heterocycles. The number of unbranched alkanes of at least 4 members (excludes halogenated alkanes) is 1. The molecule has 2 N–H and O–H groups in total.